The molecule has 1 amide bonds. The first-order chi connectivity index (χ1) is 10.7. The molecule has 2 aliphatic rings. The van der Waals surface area contributed by atoms with Crippen LogP contribution in [0, 0.1) is 0 Å². The second-order valence-electron chi connectivity index (χ2n) is 5.92. The highest BCUT2D eigenvalue weighted by atomic mass is 16.1. The number of ketones is 1. The van der Waals surface area contributed by atoms with Gasteiger partial charge < -0.3 is 9.88 Å². The monoisotopic (exact) mass is 298 g/mol. The number of para-hydroxylation sites is 1. The van der Waals surface area contributed by atoms with E-state index in [9.17, 15) is 9.59 Å². The first-order valence-corrected chi connectivity index (χ1v) is 7.73. The molecular formula is C16H18N4O2. The number of hydrogen-bond donors (Lipinski definition) is 1. The second-order valence-corrected chi connectivity index (χ2v) is 5.92. The van der Waals surface area contributed by atoms with Gasteiger partial charge in [-0.3, -0.25) is 14.5 Å². The third-order valence-electron chi connectivity index (χ3n) is 4.49. The van der Waals surface area contributed by atoms with Crippen LogP contribution >= 0.6 is 0 Å². The molecule has 3 heterocycles. The van der Waals surface area contributed by atoms with Crippen LogP contribution in [0.1, 0.15) is 29.0 Å². The number of nitrogens with zero attached hydrogens (tertiary/aromatic N) is 3. The number of benzene rings is 1. The van der Waals surface area contributed by atoms with E-state index < -0.39 is 0 Å². The molecule has 114 valence electrons. The first-order valence-electron chi connectivity index (χ1n) is 7.73. The number of carbonyl (C=O) groups excluding carboxylic acids is 2. The van der Waals surface area contributed by atoms with Crippen molar-refractivity contribution in [1.29, 1.82) is 0 Å². The molecule has 0 saturated carbocycles. The van der Waals surface area contributed by atoms with Gasteiger partial charge >= 0.3 is 0 Å². The Hall–Kier alpha value is -2.21. The van der Waals surface area contributed by atoms with Crippen LogP contribution in [-0.2, 0) is 17.9 Å². The average molecular weight is 298 g/mol. The quantitative estimate of drug-likeness (QED) is 0.896. The highest BCUT2D eigenvalue weighted by Gasteiger charge is 2.23. The van der Waals surface area contributed by atoms with Crippen molar-refractivity contribution in [3.63, 3.8) is 0 Å². The van der Waals surface area contributed by atoms with Gasteiger partial charge in [-0.05, 0) is 12.1 Å². The zero-order valence-electron chi connectivity index (χ0n) is 12.3. The highest BCUT2D eigenvalue weighted by Crippen LogP contribution is 2.23. The van der Waals surface area contributed by atoms with Gasteiger partial charge in [0.2, 0.25) is 0 Å². The van der Waals surface area contributed by atoms with Crippen molar-refractivity contribution in [3.8, 4) is 0 Å². The van der Waals surface area contributed by atoms with E-state index in [1.165, 1.54) is 0 Å². The zero-order valence-corrected chi connectivity index (χ0v) is 12.3. The lowest BCUT2D eigenvalue weighted by atomic mass is 10.1. The summed E-state index contributed by atoms with van der Waals surface area (Å²) in [5, 5.41) is 2.93. The number of carbonyl (C=O) groups is 2. The third kappa shape index (κ3) is 2.20. The SMILES string of the molecule is O=C1CCN(Cc2nc3cccc4c3n2CCNC4=O)CC1. The fraction of sp³-hybridized carbons (Fsp3) is 0.438. The van der Waals surface area contributed by atoms with Crippen LogP contribution in [0.15, 0.2) is 18.2 Å². The Kier molecular flexibility index (Phi) is 3.18. The summed E-state index contributed by atoms with van der Waals surface area (Å²) in [6, 6.07) is 5.69. The number of nitrogens with one attached hydrogen (secondary N) is 1. The maximum atomic E-state index is 12.1. The van der Waals surface area contributed by atoms with E-state index >= 15 is 0 Å². The molecule has 1 N–H and O–H groups in total. The van der Waals surface area contributed by atoms with Crippen LogP contribution in [0.4, 0.5) is 0 Å². The summed E-state index contributed by atoms with van der Waals surface area (Å²) in [5.41, 5.74) is 2.50. The number of Topliss-reactive ketones (excluding diaryl/α,β-unsaturated/α-hetero) is 1. The smallest absolute Gasteiger partial charge is 0.253 e. The van der Waals surface area contributed by atoms with Gasteiger partial charge in [-0.1, -0.05) is 6.07 Å². The molecule has 6 nitrogen and oxygen atoms in total. The molecule has 0 radical (unpaired) electrons. The molecule has 2 aromatic rings. The molecular weight excluding hydrogens is 280 g/mol. The van der Waals surface area contributed by atoms with Gasteiger partial charge in [-0.15, -0.1) is 0 Å². The first kappa shape index (κ1) is 13.5. The summed E-state index contributed by atoms with van der Waals surface area (Å²) in [7, 11) is 0. The van der Waals surface area contributed by atoms with Crippen molar-refractivity contribution in [2.24, 2.45) is 0 Å². The van der Waals surface area contributed by atoms with Crippen molar-refractivity contribution < 1.29 is 9.59 Å². The van der Waals surface area contributed by atoms with Crippen molar-refractivity contribution in [2.45, 2.75) is 25.9 Å². The van der Waals surface area contributed by atoms with E-state index in [4.69, 9.17) is 4.98 Å². The lowest BCUT2D eigenvalue weighted by molar-refractivity contribution is -0.121. The summed E-state index contributed by atoms with van der Waals surface area (Å²) in [6.45, 7) is 3.68. The minimum Gasteiger partial charge on any atom is -0.350 e. The van der Waals surface area contributed by atoms with Crippen molar-refractivity contribution in [2.75, 3.05) is 19.6 Å². The van der Waals surface area contributed by atoms with E-state index in [2.05, 4.69) is 14.8 Å². The third-order valence-corrected chi connectivity index (χ3v) is 4.49. The molecule has 0 bridgehead atoms. The number of imidazole rings is 1. The predicted octanol–water partition coefficient (Wildman–Crippen LogP) is 0.945. The molecule has 0 atom stereocenters. The van der Waals surface area contributed by atoms with Gasteiger partial charge in [0.05, 0.1) is 23.1 Å². The summed E-state index contributed by atoms with van der Waals surface area (Å²) >= 11 is 0. The fourth-order valence-electron chi connectivity index (χ4n) is 3.32. The normalized spacial score (nSPS) is 19.3. The summed E-state index contributed by atoms with van der Waals surface area (Å²) in [6.07, 6.45) is 1.26. The van der Waals surface area contributed by atoms with Crippen LogP contribution in [-0.4, -0.2) is 45.8 Å². The minimum absolute atomic E-state index is 0.0284. The highest BCUT2D eigenvalue weighted by molar-refractivity contribution is 6.05. The molecule has 4 rings (SSSR count). The standard InChI is InChI=1S/C16H18N4O2/c21-11-4-7-19(8-5-11)10-14-18-13-3-1-2-12-15(13)20(14)9-6-17-16(12)22/h1-3H,4-10H2,(H,17,22). The molecule has 2 aliphatic heterocycles. The lowest BCUT2D eigenvalue weighted by Crippen LogP contribution is -2.34. The molecule has 0 unspecified atom stereocenters. The largest absolute Gasteiger partial charge is 0.350 e. The molecule has 1 fully saturated rings. The van der Waals surface area contributed by atoms with Crippen LogP contribution in [0.3, 0.4) is 0 Å². The van der Waals surface area contributed by atoms with Gasteiger partial charge in [-0.25, -0.2) is 4.98 Å². The summed E-state index contributed by atoms with van der Waals surface area (Å²) in [4.78, 5) is 30.5. The topological polar surface area (TPSA) is 67.2 Å². The summed E-state index contributed by atoms with van der Waals surface area (Å²) in [5.74, 6) is 1.30. The second kappa shape index (κ2) is 5.21. The summed E-state index contributed by atoms with van der Waals surface area (Å²) < 4.78 is 2.15. The number of piperidine rings is 1. The number of hydrogen-bond acceptors (Lipinski definition) is 4. The fourth-order valence-corrected chi connectivity index (χ4v) is 3.32. The van der Waals surface area contributed by atoms with Crippen LogP contribution in [0.5, 0.6) is 0 Å². The Balaban J connectivity index is 1.72. The van der Waals surface area contributed by atoms with Gasteiger partial charge in [0, 0.05) is 39.0 Å². The van der Waals surface area contributed by atoms with Crippen molar-refractivity contribution in [1.82, 2.24) is 19.8 Å². The average Bonchev–Trinajstić information content (AvgIpc) is 2.77. The molecule has 6 heteroatoms. The van der Waals surface area contributed by atoms with Crippen LogP contribution < -0.4 is 5.32 Å². The van der Waals surface area contributed by atoms with Gasteiger partial charge in [-0.2, -0.15) is 0 Å². The Bertz CT molecular complexity index is 755. The number of aromatic nitrogens is 2. The molecule has 1 aromatic carbocycles. The van der Waals surface area contributed by atoms with Crippen molar-refractivity contribution >= 4 is 22.7 Å². The molecule has 1 aromatic heterocycles. The van der Waals surface area contributed by atoms with E-state index in [1.807, 2.05) is 18.2 Å². The number of rotatable bonds is 2. The maximum absolute atomic E-state index is 12.1. The zero-order chi connectivity index (χ0) is 15.1. The Labute approximate surface area is 128 Å². The Morgan fingerprint density at radius 2 is 1.95 bits per heavy atom. The van der Waals surface area contributed by atoms with Gasteiger partial charge in [0.15, 0.2) is 0 Å². The molecule has 1 saturated heterocycles. The minimum atomic E-state index is -0.0284. The Morgan fingerprint density at radius 1 is 1.14 bits per heavy atom. The van der Waals surface area contributed by atoms with Gasteiger partial charge in [0.1, 0.15) is 11.6 Å². The van der Waals surface area contributed by atoms with E-state index in [-0.39, 0.29) is 5.91 Å². The van der Waals surface area contributed by atoms with Crippen molar-refractivity contribution in [3.05, 3.63) is 29.6 Å². The van der Waals surface area contributed by atoms with Crippen LogP contribution in [0.2, 0.25) is 0 Å². The van der Waals surface area contributed by atoms with E-state index in [0.717, 1.165) is 43.0 Å². The predicted molar refractivity (Wildman–Crippen MR) is 81.6 cm³/mol. The molecule has 0 aliphatic carbocycles. The number of amides is 1. The lowest BCUT2D eigenvalue weighted by Gasteiger charge is -2.25. The maximum Gasteiger partial charge on any atom is 0.253 e. The Morgan fingerprint density at radius 3 is 2.77 bits per heavy atom. The molecule has 0 spiro atoms. The van der Waals surface area contributed by atoms with E-state index in [1.54, 1.807) is 0 Å². The van der Waals surface area contributed by atoms with Crippen LogP contribution in [0.25, 0.3) is 11.0 Å². The van der Waals surface area contributed by atoms with Gasteiger partial charge in [0.25, 0.3) is 5.91 Å². The number of likely N-dealkylation sites (tertiary alicyclic amines) is 1. The van der Waals surface area contributed by atoms with E-state index in [0.29, 0.717) is 30.7 Å². The molecule has 22 heavy (non-hydrogen) atoms.